The van der Waals surface area contributed by atoms with Gasteiger partial charge < -0.3 is 5.11 Å². The van der Waals surface area contributed by atoms with E-state index in [1.165, 1.54) is 0 Å². The summed E-state index contributed by atoms with van der Waals surface area (Å²) in [6.45, 7) is 9.93. The largest absolute Gasteiger partial charge is 0.481 e. The minimum atomic E-state index is -0.880. The lowest BCUT2D eigenvalue weighted by Gasteiger charge is -2.21. The van der Waals surface area contributed by atoms with Gasteiger partial charge >= 0.3 is 5.97 Å². The van der Waals surface area contributed by atoms with Crippen molar-refractivity contribution in [3.05, 3.63) is 29.3 Å². The van der Waals surface area contributed by atoms with Gasteiger partial charge in [-0.25, -0.2) is 0 Å². The molecule has 0 aromatic heterocycles. The monoisotopic (exact) mass is 294 g/mol. The first-order valence-corrected chi connectivity index (χ1v) is 7.50. The zero-order valence-corrected chi connectivity index (χ0v) is 13.5. The highest BCUT2D eigenvalue weighted by Crippen LogP contribution is 2.31. The van der Waals surface area contributed by atoms with Crippen LogP contribution in [-0.4, -0.2) is 16.2 Å². The maximum absolute atomic E-state index is 11.8. The molecule has 1 aromatic carbocycles. The molecule has 0 bridgehead atoms. The second kappa shape index (κ2) is 6.44. The highest BCUT2D eigenvalue weighted by Gasteiger charge is 2.19. The van der Waals surface area contributed by atoms with Crippen LogP contribution in [0.2, 0.25) is 0 Å². The van der Waals surface area contributed by atoms with Crippen molar-refractivity contribution in [2.45, 2.75) is 51.3 Å². The van der Waals surface area contributed by atoms with Crippen molar-refractivity contribution in [1.29, 1.82) is 0 Å². The van der Waals surface area contributed by atoms with Crippen LogP contribution >= 0.6 is 11.8 Å². The Kier molecular flexibility index (Phi) is 5.40. The van der Waals surface area contributed by atoms with E-state index in [1.807, 2.05) is 32.0 Å². The van der Waals surface area contributed by atoms with E-state index in [0.29, 0.717) is 5.56 Å². The zero-order chi connectivity index (χ0) is 15.5. The van der Waals surface area contributed by atoms with Crippen LogP contribution in [0.1, 0.15) is 45.7 Å². The van der Waals surface area contributed by atoms with Gasteiger partial charge in [-0.05, 0) is 22.6 Å². The van der Waals surface area contributed by atoms with Crippen LogP contribution in [0.25, 0.3) is 0 Å². The summed E-state index contributed by atoms with van der Waals surface area (Å²) in [5.41, 5.74) is 1.75. The normalized spacial score (nSPS) is 11.7. The van der Waals surface area contributed by atoms with E-state index in [2.05, 4.69) is 20.8 Å². The zero-order valence-electron chi connectivity index (χ0n) is 12.7. The van der Waals surface area contributed by atoms with Crippen molar-refractivity contribution >= 4 is 22.8 Å². The van der Waals surface area contributed by atoms with E-state index in [9.17, 15) is 9.59 Å². The first kappa shape index (κ1) is 16.8. The van der Waals surface area contributed by atoms with Gasteiger partial charge in [-0.15, -0.1) is 0 Å². The van der Waals surface area contributed by atoms with Gasteiger partial charge in [0.1, 0.15) is 0 Å². The standard InChI is InChI=1S/C16H22O3S/c1-10(2)15(19)20-13-7-6-12(16(3,4)5)8-11(13)9-14(17)18/h6-8,10H,9H2,1-5H3,(H,17,18). The highest BCUT2D eigenvalue weighted by atomic mass is 32.2. The van der Waals surface area contributed by atoms with Gasteiger partial charge in [-0.1, -0.05) is 58.5 Å². The summed E-state index contributed by atoms with van der Waals surface area (Å²) < 4.78 is 0. The molecule has 1 N–H and O–H groups in total. The van der Waals surface area contributed by atoms with Gasteiger partial charge in [0.2, 0.25) is 0 Å². The van der Waals surface area contributed by atoms with Crippen molar-refractivity contribution in [2.24, 2.45) is 5.92 Å². The van der Waals surface area contributed by atoms with Crippen LogP contribution in [0.15, 0.2) is 23.1 Å². The van der Waals surface area contributed by atoms with E-state index >= 15 is 0 Å². The first-order chi connectivity index (χ1) is 9.11. The summed E-state index contributed by atoms with van der Waals surface area (Å²) in [4.78, 5) is 23.6. The average molecular weight is 294 g/mol. The van der Waals surface area contributed by atoms with Crippen LogP contribution in [0, 0.1) is 5.92 Å². The molecule has 4 heteroatoms. The van der Waals surface area contributed by atoms with Crippen molar-refractivity contribution < 1.29 is 14.7 Å². The average Bonchev–Trinajstić information content (AvgIpc) is 2.28. The minimum absolute atomic E-state index is 0.0431. The van der Waals surface area contributed by atoms with Crippen LogP contribution in [0.5, 0.6) is 0 Å². The maximum atomic E-state index is 11.8. The van der Waals surface area contributed by atoms with Crippen LogP contribution in [0.3, 0.4) is 0 Å². The lowest BCUT2D eigenvalue weighted by atomic mass is 9.86. The summed E-state index contributed by atoms with van der Waals surface area (Å²) in [6.07, 6.45) is -0.0579. The molecular formula is C16H22O3S. The fourth-order valence-corrected chi connectivity index (χ4v) is 2.52. The third-order valence-corrected chi connectivity index (χ3v) is 4.24. The van der Waals surface area contributed by atoms with Gasteiger partial charge in [-0.2, -0.15) is 0 Å². The molecule has 0 saturated carbocycles. The first-order valence-electron chi connectivity index (χ1n) is 6.68. The lowest BCUT2D eigenvalue weighted by molar-refractivity contribution is -0.136. The van der Waals surface area contributed by atoms with E-state index in [4.69, 9.17) is 5.11 Å². The molecule has 0 heterocycles. The number of carbonyl (C=O) groups is 2. The molecule has 0 amide bonds. The van der Waals surface area contributed by atoms with Crippen molar-refractivity contribution in [1.82, 2.24) is 0 Å². The van der Waals surface area contributed by atoms with Gasteiger partial charge in [-0.3, -0.25) is 9.59 Å². The van der Waals surface area contributed by atoms with Crippen LogP contribution in [0.4, 0.5) is 0 Å². The Hall–Kier alpha value is -1.29. The Labute approximate surface area is 124 Å². The second-order valence-electron chi connectivity index (χ2n) is 6.22. The molecule has 3 nitrogen and oxygen atoms in total. The number of carboxylic acid groups (broad SMARTS) is 1. The van der Waals surface area contributed by atoms with Gasteiger partial charge in [0.15, 0.2) is 5.12 Å². The molecule has 0 aliphatic carbocycles. The molecule has 0 unspecified atom stereocenters. The summed E-state index contributed by atoms with van der Waals surface area (Å²) >= 11 is 1.14. The number of rotatable bonds is 4. The Bertz CT molecular complexity index is 513. The second-order valence-corrected chi connectivity index (χ2v) is 7.27. The summed E-state index contributed by atoms with van der Waals surface area (Å²) in [5.74, 6) is -0.949. The predicted octanol–water partition coefficient (Wildman–Crippen LogP) is 3.89. The summed E-state index contributed by atoms with van der Waals surface area (Å²) in [6, 6.07) is 5.75. The molecule has 110 valence electrons. The molecule has 0 radical (unpaired) electrons. The van der Waals surface area contributed by atoms with Crippen molar-refractivity contribution in [3.63, 3.8) is 0 Å². The number of aliphatic carboxylic acids is 1. The number of hydrogen-bond donors (Lipinski definition) is 1. The Morgan fingerprint density at radius 2 is 1.85 bits per heavy atom. The van der Waals surface area contributed by atoms with E-state index in [-0.39, 0.29) is 22.9 Å². The van der Waals surface area contributed by atoms with Crippen molar-refractivity contribution in [2.75, 3.05) is 0 Å². The Balaban J connectivity index is 3.16. The SMILES string of the molecule is CC(C)C(=O)Sc1ccc(C(C)(C)C)cc1CC(=O)O. The Morgan fingerprint density at radius 1 is 1.25 bits per heavy atom. The van der Waals surface area contributed by atoms with Gasteiger partial charge in [0.25, 0.3) is 0 Å². The molecule has 0 atom stereocenters. The topological polar surface area (TPSA) is 54.4 Å². The van der Waals surface area contributed by atoms with E-state index in [0.717, 1.165) is 22.2 Å². The number of benzene rings is 1. The number of carbonyl (C=O) groups excluding carboxylic acids is 1. The molecule has 20 heavy (non-hydrogen) atoms. The number of hydrogen-bond acceptors (Lipinski definition) is 3. The highest BCUT2D eigenvalue weighted by molar-refractivity contribution is 8.13. The molecular weight excluding hydrogens is 272 g/mol. The van der Waals surface area contributed by atoms with Crippen molar-refractivity contribution in [3.8, 4) is 0 Å². The molecule has 0 spiro atoms. The van der Waals surface area contributed by atoms with Crippen LogP contribution < -0.4 is 0 Å². The molecule has 1 aromatic rings. The minimum Gasteiger partial charge on any atom is -0.481 e. The smallest absolute Gasteiger partial charge is 0.307 e. The number of thioether (sulfide) groups is 1. The summed E-state index contributed by atoms with van der Waals surface area (Å²) in [5, 5.41) is 9.09. The fraction of sp³-hybridized carbons (Fsp3) is 0.500. The van der Waals surface area contributed by atoms with Gasteiger partial charge in [0, 0.05) is 10.8 Å². The molecule has 0 aliphatic rings. The van der Waals surface area contributed by atoms with E-state index in [1.54, 1.807) is 0 Å². The van der Waals surface area contributed by atoms with Gasteiger partial charge in [0.05, 0.1) is 6.42 Å². The fourth-order valence-electron chi connectivity index (χ4n) is 1.67. The third-order valence-electron chi connectivity index (χ3n) is 2.95. The Morgan fingerprint density at radius 3 is 2.30 bits per heavy atom. The third kappa shape index (κ3) is 4.67. The molecule has 0 saturated heterocycles. The lowest BCUT2D eigenvalue weighted by Crippen LogP contribution is -2.13. The predicted molar refractivity (Wildman–Crippen MR) is 82.2 cm³/mol. The number of carboxylic acids is 1. The molecule has 0 fully saturated rings. The molecule has 0 aliphatic heterocycles. The maximum Gasteiger partial charge on any atom is 0.307 e. The molecule has 1 rings (SSSR count). The summed E-state index contributed by atoms with van der Waals surface area (Å²) in [7, 11) is 0. The quantitative estimate of drug-likeness (QED) is 0.856. The van der Waals surface area contributed by atoms with Crippen LogP contribution in [-0.2, 0) is 21.4 Å². The van der Waals surface area contributed by atoms with E-state index < -0.39 is 5.97 Å².